The standard InChI is InChI=1S/C11H17NO/c1-4-5-12-11-8(2)6-10(13)7-9(11)3/h6-7,12-13H,4-5H2,1-3H3. The van der Waals surface area contributed by atoms with Crippen LogP contribution in [-0.2, 0) is 0 Å². The van der Waals surface area contributed by atoms with Gasteiger partial charge in [0.05, 0.1) is 0 Å². The molecule has 1 aromatic rings. The quantitative estimate of drug-likeness (QED) is 0.699. The van der Waals surface area contributed by atoms with Crippen molar-refractivity contribution >= 4 is 5.69 Å². The normalized spacial score (nSPS) is 10.1. The third-order valence-corrected chi connectivity index (χ3v) is 2.07. The molecule has 0 heterocycles. The summed E-state index contributed by atoms with van der Waals surface area (Å²) in [7, 11) is 0. The van der Waals surface area contributed by atoms with Crippen molar-refractivity contribution in [1.82, 2.24) is 0 Å². The summed E-state index contributed by atoms with van der Waals surface area (Å²) in [5, 5.41) is 12.7. The highest BCUT2D eigenvalue weighted by Gasteiger charge is 2.02. The average molecular weight is 179 g/mol. The van der Waals surface area contributed by atoms with E-state index in [1.165, 1.54) is 0 Å². The van der Waals surface area contributed by atoms with Crippen molar-refractivity contribution in [2.24, 2.45) is 0 Å². The molecule has 0 atom stereocenters. The first kappa shape index (κ1) is 9.90. The lowest BCUT2D eigenvalue weighted by atomic mass is 10.1. The van der Waals surface area contributed by atoms with E-state index in [9.17, 15) is 5.11 Å². The summed E-state index contributed by atoms with van der Waals surface area (Å²) < 4.78 is 0. The summed E-state index contributed by atoms with van der Waals surface area (Å²) in [6.45, 7) is 7.12. The van der Waals surface area contributed by atoms with Crippen molar-refractivity contribution in [3.8, 4) is 5.75 Å². The summed E-state index contributed by atoms with van der Waals surface area (Å²) >= 11 is 0. The Hall–Kier alpha value is -1.18. The maximum absolute atomic E-state index is 9.32. The van der Waals surface area contributed by atoms with Gasteiger partial charge in [0.25, 0.3) is 0 Å². The fourth-order valence-corrected chi connectivity index (χ4v) is 1.47. The van der Waals surface area contributed by atoms with Gasteiger partial charge in [-0.2, -0.15) is 0 Å². The van der Waals surface area contributed by atoms with Gasteiger partial charge in [0.2, 0.25) is 0 Å². The van der Waals surface area contributed by atoms with Gasteiger partial charge in [0.1, 0.15) is 5.75 Å². The molecule has 0 aliphatic rings. The molecule has 0 fully saturated rings. The zero-order chi connectivity index (χ0) is 9.84. The maximum atomic E-state index is 9.32. The van der Waals surface area contributed by atoms with Crippen molar-refractivity contribution in [3.63, 3.8) is 0 Å². The Morgan fingerprint density at radius 3 is 2.23 bits per heavy atom. The number of benzene rings is 1. The number of anilines is 1. The number of hydrogen-bond acceptors (Lipinski definition) is 2. The SMILES string of the molecule is CCCNc1c(C)cc(O)cc1C. The minimum Gasteiger partial charge on any atom is -0.508 e. The lowest BCUT2D eigenvalue weighted by molar-refractivity contribution is 0.474. The van der Waals surface area contributed by atoms with Crippen molar-refractivity contribution < 1.29 is 5.11 Å². The molecule has 0 aromatic heterocycles. The van der Waals surface area contributed by atoms with Crippen LogP contribution in [0.2, 0.25) is 0 Å². The third-order valence-electron chi connectivity index (χ3n) is 2.07. The van der Waals surface area contributed by atoms with Crippen molar-refractivity contribution in [1.29, 1.82) is 0 Å². The molecule has 0 aliphatic carbocycles. The fourth-order valence-electron chi connectivity index (χ4n) is 1.47. The number of phenols is 1. The van der Waals surface area contributed by atoms with Crippen LogP contribution in [0.1, 0.15) is 24.5 Å². The maximum Gasteiger partial charge on any atom is 0.116 e. The van der Waals surface area contributed by atoms with Crippen LogP contribution in [0.4, 0.5) is 5.69 Å². The third kappa shape index (κ3) is 2.38. The minimum absolute atomic E-state index is 0.344. The molecule has 2 nitrogen and oxygen atoms in total. The van der Waals surface area contributed by atoms with Gasteiger partial charge in [0.15, 0.2) is 0 Å². The molecule has 0 unspecified atom stereocenters. The van der Waals surface area contributed by atoms with Gasteiger partial charge in [0, 0.05) is 12.2 Å². The van der Waals surface area contributed by atoms with Crippen LogP contribution in [0.5, 0.6) is 5.75 Å². The molecule has 2 N–H and O–H groups in total. The number of aromatic hydroxyl groups is 1. The van der Waals surface area contributed by atoms with Gasteiger partial charge in [-0.05, 0) is 43.5 Å². The predicted octanol–water partition coefficient (Wildman–Crippen LogP) is 2.83. The zero-order valence-corrected chi connectivity index (χ0v) is 8.52. The molecular formula is C11H17NO. The number of rotatable bonds is 3. The Bertz CT molecular complexity index is 271. The number of hydrogen-bond donors (Lipinski definition) is 2. The molecule has 0 amide bonds. The fraction of sp³-hybridized carbons (Fsp3) is 0.455. The van der Waals surface area contributed by atoms with Crippen molar-refractivity contribution in [2.75, 3.05) is 11.9 Å². The zero-order valence-electron chi connectivity index (χ0n) is 8.52. The largest absolute Gasteiger partial charge is 0.508 e. The van der Waals surface area contributed by atoms with Crippen molar-refractivity contribution in [3.05, 3.63) is 23.3 Å². The Labute approximate surface area is 79.6 Å². The molecule has 0 spiro atoms. The van der Waals surface area contributed by atoms with Gasteiger partial charge in [-0.3, -0.25) is 0 Å². The van der Waals surface area contributed by atoms with E-state index in [-0.39, 0.29) is 0 Å². The van der Waals surface area contributed by atoms with E-state index in [2.05, 4.69) is 12.2 Å². The van der Waals surface area contributed by atoms with Crippen LogP contribution in [0.25, 0.3) is 0 Å². The van der Waals surface area contributed by atoms with Crippen LogP contribution >= 0.6 is 0 Å². The van der Waals surface area contributed by atoms with E-state index < -0.39 is 0 Å². The van der Waals surface area contributed by atoms with Crippen LogP contribution in [0, 0.1) is 13.8 Å². The van der Waals surface area contributed by atoms with E-state index in [4.69, 9.17) is 0 Å². The molecule has 0 radical (unpaired) electrons. The van der Waals surface area contributed by atoms with Gasteiger partial charge < -0.3 is 10.4 Å². The van der Waals surface area contributed by atoms with Gasteiger partial charge in [-0.15, -0.1) is 0 Å². The van der Waals surface area contributed by atoms with Crippen LogP contribution in [0.3, 0.4) is 0 Å². The van der Waals surface area contributed by atoms with E-state index in [1.54, 1.807) is 12.1 Å². The summed E-state index contributed by atoms with van der Waals surface area (Å²) in [4.78, 5) is 0. The molecule has 0 bridgehead atoms. The summed E-state index contributed by atoms with van der Waals surface area (Å²) in [6, 6.07) is 3.57. The highest BCUT2D eigenvalue weighted by Crippen LogP contribution is 2.25. The topological polar surface area (TPSA) is 32.3 Å². The number of aryl methyl sites for hydroxylation is 2. The first-order valence-corrected chi connectivity index (χ1v) is 4.69. The van der Waals surface area contributed by atoms with E-state index in [1.807, 2.05) is 13.8 Å². The number of nitrogens with one attached hydrogen (secondary N) is 1. The highest BCUT2D eigenvalue weighted by molar-refractivity contribution is 5.59. The summed E-state index contributed by atoms with van der Waals surface area (Å²) in [6.07, 6.45) is 1.11. The molecule has 13 heavy (non-hydrogen) atoms. The second-order valence-corrected chi connectivity index (χ2v) is 3.38. The monoisotopic (exact) mass is 179 g/mol. The molecule has 1 aromatic carbocycles. The molecule has 0 saturated carbocycles. The number of phenolic OH excluding ortho intramolecular Hbond substituents is 1. The van der Waals surface area contributed by atoms with Gasteiger partial charge in [-0.1, -0.05) is 6.92 Å². The van der Waals surface area contributed by atoms with E-state index in [0.717, 1.165) is 29.8 Å². The first-order valence-electron chi connectivity index (χ1n) is 4.69. The molecule has 0 saturated heterocycles. The Kier molecular flexibility index (Phi) is 3.18. The second-order valence-electron chi connectivity index (χ2n) is 3.38. The average Bonchev–Trinajstić information content (AvgIpc) is 2.02. The van der Waals surface area contributed by atoms with Crippen LogP contribution in [-0.4, -0.2) is 11.7 Å². The Balaban J connectivity index is 2.92. The second kappa shape index (κ2) is 4.17. The van der Waals surface area contributed by atoms with Crippen LogP contribution in [0.15, 0.2) is 12.1 Å². The predicted molar refractivity (Wildman–Crippen MR) is 56.4 cm³/mol. The van der Waals surface area contributed by atoms with E-state index in [0.29, 0.717) is 5.75 Å². The first-order chi connectivity index (χ1) is 6.15. The Morgan fingerprint density at radius 2 is 1.77 bits per heavy atom. The van der Waals surface area contributed by atoms with Gasteiger partial charge in [-0.25, -0.2) is 0 Å². The molecule has 1 rings (SSSR count). The van der Waals surface area contributed by atoms with E-state index >= 15 is 0 Å². The molecule has 2 heteroatoms. The minimum atomic E-state index is 0.344. The smallest absolute Gasteiger partial charge is 0.116 e. The highest BCUT2D eigenvalue weighted by atomic mass is 16.3. The lowest BCUT2D eigenvalue weighted by Gasteiger charge is -2.12. The van der Waals surface area contributed by atoms with Crippen LogP contribution < -0.4 is 5.32 Å². The summed E-state index contributed by atoms with van der Waals surface area (Å²) in [5.74, 6) is 0.344. The molecular weight excluding hydrogens is 162 g/mol. The summed E-state index contributed by atoms with van der Waals surface area (Å²) in [5.41, 5.74) is 3.36. The molecule has 72 valence electrons. The van der Waals surface area contributed by atoms with Crippen molar-refractivity contribution in [2.45, 2.75) is 27.2 Å². The Morgan fingerprint density at radius 1 is 1.23 bits per heavy atom. The molecule has 0 aliphatic heterocycles. The lowest BCUT2D eigenvalue weighted by Crippen LogP contribution is -2.03. The van der Waals surface area contributed by atoms with Gasteiger partial charge >= 0.3 is 0 Å².